The average Bonchev–Trinajstić information content (AvgIpc) is 3.29. The van der Waals surface area contributed by atoms with Gasteiger partial charge < -0.3 is 19.0 Å². The second-order valence-corrected chi connectivity index (χ2v) is 9.68. The number of hydrogen-bond acceptors (Lipinski definition) is 5. The Morgan fingerprint density at radius 1 is 1.09 bits per heavy atom. The van der Waals surface area contributed by atoms with E-state index < -0.39 is 0 Å². The summed E-state index contributed by atoms with van der Waals surface area (Å²) in [4.78, 5) is 28.6. The lowest BCUT2D eigenvalue weighted by Gasteiger charge is -2.19. The third-order valence-electron chi connectivity index (χ3n) is 6.52. The van der Waals surface area contributed by atoms with Crippen molar-refractivity contribution in [2.24, 2.45) is 5.92 Å². The number of hydrogen-bond donors (Lipinski definition) is 1. The number of aromatic nitrogens is 1. The molecule has 35 heavy (non-hydrogen) atoms. The first kappa shape index (κ1) is 24.8. The minimum absolute atomic E-state index is 0.146. The van der Waals surface area contributed by atoms with Crippen molar-refractivity contribution in [1.29, 1.82) is 0 Å². The Hall–Kier alpha value is -3.32. The molecule has 0 saturated heterocycles. The normalized spacial score (nSPS) is 14.9. The number of ether oxygens (including phenoxy) is 1. The standard InChI is InChI=1S/C28H35N3O4/c1-19(2)16-21-7-9-22(10-8-21)18-30-12-11-23-27(25(34-4)17-26(32)31(23)14-13-30)28(33)29-20(3)24-6-5-15-35-24/h5-10,15,17,19-20H,11-14,16,18H2,1-4H3,(H,29,33). The van der Waals surface area contributed by atoms with E-state index in [1.807, 2.05) is 13.0 Å². The van der Waals surface area contributed by atoms with Crippen LogP contribution < -0.4 is 15.6 Å². The molecule has 0 radical (unpaired) electrons. The van der Waals surface area contributed by atoms with Crippen LogP contribution in [0, 0.1) is 5.92 Å². The molecule has 7 heteroatoms. The van der Waals surface area contributed by atoms with Crippen molar-refractivity contribution in [3.05, 3.63) is 87.2 Å². The van der Waals surface area contributed by atoms with Crippen LogP contribution in [0.15, 0.2) is 57.9 Å². The number of carbonyl (C=O) groups excluding carboxylic acids is 1. The molecule has 0 saturated carbocycles. The smallest absolute Gasteiger partial charge is 0.257 e. The predicted molar refractivity (Wildman–Crippen MR) is 136 cm³/mol. The number of pyridine rings is 1. The number of fused-ring (bicyclic) bond motifs is 1. The Bertz CT molecular complexity index is 1200. The molecule has 1 amide bonds. The van der Waals surface area contributed by atoms with Crippen LogP contribution in [0.2, 0.25) is 0 Å². The van der Waals surface area contributed by atoms with Crippen molar-refractivity contribution in [2.75, 3.05) is 20.2 Å². The SMILES string of the molecule is COc1cc(=O)n2c(c1C(=O)NC(C)c1ccco1)CCN(Cc1ccc(CC(C)C)cc1)CC2. The number of furan rings is 1. The van der Waals surface area contributed by atoms with Crippen molar-refractivity contribution >= 4 is 5.91 Å². The maximum Gasteiger partial charge on any atom is 0.257 e. The van der Waals surface area contributed by atoms with E-state index in [-0.39, 0.29) is 17.5 Å². The number of methoxy groups -OCH3 is 1. The highest BCUT2D eigenvalue weighted by molar-refractivity contribution is 5.98. The molecular formula is C28H35N3O4. The minimum atomic E-state index is -0.310. The number of nitrogens with one attached hydrogen (secondary N) is 1. The van der Waals surface area contributed by atoms with Crippen molar-refractivity contribution in [1.82, 2.24) is 14.8 Å². The zero-order valence-corrected chi connectivity index (χ0v) is 21.0. The fraction of sp³-hybridized carbons (Fsp3) is 0.429. The van der Waals surface area contributed by atoms with Crippen LogP contribution in [0.1, 0.15) is 59.8 Å². The van der Waals surface area contributed by atoms with Crippen LogP contribution in [0.25, 0.3) is 0 Å². The molecule has 1 unspecified atom stereocenters. The summed E-state index contributed by atoms with van der Waals surface area (Å²) in [5, 5.41) is 2.99. The van der Waals surface area contributed by atoms with Gasteiger partial charge in [0.05, 0.1) is 19.4 Å². The Kier molecular flexibility index (Phi) is 7.76. The van der Waals surface area contributed by atoms with Crippen LogP contribution >= 0.6 is 0 Å². The molecule has 186 valence electrons. The van der Waals surface area contributed by atoms with Gasteiger partial charge in [0, 0.05) is 44.4 Å². The molecule has 3 aromatic rings. The molecule has 1 aliphatic rings. The van der Waals surface area contributed by atoms with Crippen molar-refractivity contribution in [3.8, 4) is 5.75 Å². The summed E-state index contributed by atoms with van der Waals surface area (Å²) in [6, 6.07) is 13.5. The molecule has 7 nitrogen and oxygen atoms in total. The molecule has 1 N–H and O–H groups in total. The van der Waals surface area contributed by atoms with Gasteiger partial charge in [-0.3, -0.25) is 14.5 Å². The van der Waals surface area contributed by atoms with Crippen LogP contribution in [0.4, 0.5) is 0 Å². The number of benzene rings is 1. The molecule has 3 heterocycles. The molecule has 0 bridgehead atoms. The van der Waals surface area contributed by atoms with E-state index in [0.717, 1.165) is 26.1 Å². The van der Waals surface area contributed by atoms with Crippen molar-refractivity contribution < 1.29 is 13.9 Å². The first-order chi connectivity index (χ1) is 16.9. The topological polar surface area (TPSA) is 76.7 Å². The van der Waals surface area contributed by atoms with Crippen LogP contribution in [-0.2, 0) is 25.9 Å². The Morgan fingerprint density at radius 3 is 2.49 bits per heavy atom. The predicted octanol–water partition coefficient (Wildman–Crippen LogP) is 4.20. The van der Waals surface area contributed by atoms with Gasteiger partial charge in [0.15, 0.2) is 0 Å². The maximum absolute atomic E-state index is 13.3. The van der Waals surface area contributed by atoms with Gasteiger partial charge in [0.2, 0.25) is 0 Å². The van der Waals surface area contributed by atoms with Gasteiger partial charge in [0.1, 0.15) is 17.1 Å². The van der Waals surface area contributed by atoms with Gasteiger partial charge in [-0.15, -0.1) is 0 Å². The second-order valence-electron chi connectivity index (χ2n) is 9.68. The summed E-state index contributed by atoms with van der Waals surface area (Å²) in [7, 11) is 1.49. The molecular weight excluding hydrogens is 442 g/mol. The van der Waals surface area contributed by atoms with E-state index in [1.165, 1.54) is 24.3 Å². The van der Waals surface area contributed by atoms with E-state index in [0.29, 0.717) is 41.7 Å². The molecule has 0 spiro atoms. The zero-order chi connectivity index (χ0) is 24.9. The van der Waals surface area contributed by atoms with E-state index in [2.05, 4.69) is 48.3 Å². The fourth-order valence-corrected chi connectivity index (χ4v) is 4.74. The molecule has 0 fully saturated rings. The molecule has 1 aliphatic heterocycles. The fourth-order valence-electron chi connectivity index (χ4n) is 4.74. The highest BCUT2D eigenvalue weighted by Gasteiger charge is 2.26. The van der Waals surface area contributed by atoms with Gasteiger partial charge >= 0.3 is 0 Å². The molecule has 1 atom stereocenters. The number of carbonyl (C=O) groups is 1. The highest BCUT2D eigenvalue weighted by atomic mass is 16.5. The number of amides is 1. The summed E-state index contributed by atoms with van der Waals surface area (Å²) >= 11 is 0. The van der Waals surface area contributed by atoms with E-state index in [1.54, 1.807) is 16.9 Å². The quantitative estimate of drug-likeness (QED) is 0.526. The van der Waals surface area contributed by atoms with Gasteiger partial charge in [-0.2, -0.15) is 0 Å². The molecule has 1 aromatic carbocycles. The van der Waals surface area contributed by atoms with Crippen LogP contribution in [0.5, 0.6) is 5.75 Å². The molecule has 4 rings (SSSR count). The van der Waals surface area contributed by atoms with Crippen LogP contribution in [-0.4, -0.2) is 35.6 Å². The van der Waals surface area contributed by atoms with E-state index in [4.69, 9.17) is 9.15 Å². The van der Waals surface area contributed by atoms with Gasteiger partial charge in [0.25, 0.3) is 11.5 Å². The van der Waals surface area contributed by atoms with Gasteiger partial charge in [-0.05, 0) is 42.5 Å². The summed E-state index contributed by atoms with van der Waals surface area (Å²) in [5.41, 5.74) is 3.59. The second kappa shape index (κ2) is 11.0. The largest absolute Gasteiger partial charge is 0.496 e. The van der Waals surface area contributed by atoms with Crippen molar-refractivity contribution in [3.63, 3.8) is 0 Å². The van der Waals surface area contributed by atoms with Gasteiger partial charge in [-0.1, -0.05) is 38.1 Å². The Labute approximate surface area is 206 Å². The highest BCUT2D eigenvalue weighted by Crippen LogP contribution is 2.25. The summed E-state index contributed by atoms with van der Waals surface area (Å²) in [6.45, 7) is 9.13. The van der Waals surface area contributed by atoms with Crippen LogP contribution in [0.3, 0.4) is 0 Å². The monoisotopic (exact) mass is 477 g/mol. The third kappa shape index (κ3) is 5.85. The van der Waals surface area contributed by atoms with Crippen molar-refractivity contribution in [2.45, 2.75) is 52.7 Å². The van der Waals surface area contributed by atoms with E-state index >= 15 is 0 Å². The lowest BCUT2D eigenvalue weighted by molar-refractivity contribution is 0.0930. The Balaban J connectivity index is 1.53. The molecule has 2 aromatic heterocycles. The number of nitrogens with zero attached hydrogens (tertiary/aromatic N) is 2. The van der Waals surface area contributed by atoms with E-state index in [9.17, 15) is 9.59 Å². The maximum atomic E-state index is 13.3. The third-order valence-corrected chi connectivity index (χ3v) is 6.52. The number of rotatable bonds is 8. The first-order valence-electron chi connectivity index (χ1n) is 12.3. The summed E-state index contributed by atoms with van der Waals surface area (Å²) in [5.74, 6) is 1.33. The summed E-state index contributed by atoms with van der Waals surface area (Å²) in [6.07, 6.45) is 3.24. The Morgan fingerprint density at radius 2 is 1.83 bits per heavy atom. The zero-order valence-electron chi connectivity index (χ0n) is 21.0. The average molecular weight is 478 g/mol. The lowest BCUT2D eigenvalue weighted by atomic mass is 10.0. The summed E-state index contributed by atoms with van der Waals surface area (Å²) < 4.78 is 12.6. The first-order valence-corrected chi connectivity index (χ1v) is 12.3. The van der Waals surface area contributed by atoms with Gasteiger partial charge in [-0.25, -0.2) is 0 Å². The lowest BCUT2D eigenvalue weighted by Crippen LogP contribution is -2.32. The molecule has 0 aliphatic carbocycles. The minimum Gasteiger partial charge on any atom is -0.496 e.